The summed E-state index contributed by atoms with van der Waals surface area (Å²) < 4.78 is 0. The highest BCUT2D eigenvalue weighted by molar-refractivity contribution is 7.98. The Labute approximate surface area is 132 Å². The minimum absolute atomic E-state index is 0.329. The van der Waals surface area contributed by atoms with Gasteiger partial charge in [-0.2, -0.15) is 0 Å². The van der Waals surface area contributed by atoms with Gasteiger partial charge in [0.15, 0.2) is 11.0 Å². The summed E-state index contributed by atoms with van der Waals surface area (Å²) in [6.45, 7) is 2.08. The average Bonchev–Trinajstić information content (AvgIpc) is 2.47. The fourth-order valence-electron chi connectivity index (χ4n) is 1.91. The molecule has 1 aromatic heterocycles. The van der Waals surface area contributed by atoms with Crippen molar-refractivity contribution in [2.45, 2.75) is 18.5 Å². The predicted octanol–water partition coefficient (Wildman–Crippen LogP) is 2.67. The number of rotatable bonds is 4. The Morgan fingerprint density at radius 2 is 2.24 bits per heavy atom. The molecule has 1 atom stereocenters. The van der Waals surface area contributed by atoms with Crippen LogP contribution in [0, 0.1) is 5.92 Å². The van der Waals surface area contributed by atoms with E-state index >= 15 is 0 Å². The minimum Gasteiger partial charge on any atom is -0.305 e. The van der Waals surface area contributed by atoms with E-state index in [4.69, 9.17) is 23.3 Å². The SMILES string of the molecule is CSc1nc(Cl)cc(N(N)C2=CC(C)CC=C2N=NN)n1. The molecular weight excluding hydrogens is 310 g/mol. The Morgan fingerprint density at radius 1 is 1.48 bits per heavy atom. The molecule has 0 aliphatic heterocycles. The van der Waals surface area contributed by atoms with Crippen LogP contribution >= 0.6 is 23.4 Å². The minimum atomic E-state index is 0.329. The molecule has 1 aliphatic carbocycles. The third-order valence-electron chi connectivity index (χ3n) is 2.90. The molecule has 0 spiro atoms. The summed E-state index contributed by atoms with van der Waals surface area (Å²) in [5.41, 5.74) is 1.29. The van der Waals surface area contributed by atoms with Gasteiger partial charge in [-0.15, -0.1) is 5.11 Å². The molecule has 0 amide bonds. The van der Waals surface area contributed by atoms with Gasteiger partial charge >= 0.3 is 0 Å². The summed E-state index contributed by atoms with van der Waals surface area (Å²) in [5.74, 6) is 12.1. The first-order valence-corrected chi connectivity index (χ1v) is 7.82. The molecule has 2 rings (SSSR count). The highest BCUT2D eigenvalue weighted by atomic mass is 35.5. The third kappa shape index (κ3) is 3.72. The average molecular weight is 326 g/mol. The molecule has 112 valence electrons. The normalized spacial score (nSPS) is 18.6. The zero-order valence-electron chi connectivity index (χ0n) is 11.7. The van der Waals surface area contributed by atoms with Crippen molar-refractivity contribution in [2.24, 2.45) is 27.9 Å². The summed E-state index contributed by atoms with van der Waals surface area (Å²) in [4.78, 5) is 8.43. The third-order valence-corrected chi connectivity index (χ3v) is 3.64. The number of halogens is 1. The van der Waals surface area contributed by atoms with Gasteiger partial charge in [0.1, 0.15) is 10.9 Å². The van der Waals surface area contributed by atoms with Gasteiger partial charge in [-0.1, -0.05) is 47.7 Å². The largest absolute Gasteiger partial charge is 0.305 e. The van der Waals surface area contributed by atoms with Crippen LogP contribution in [0.4, 0.5) is 5.82 Å². The Bertz CT molecular complexity index is 614. The highest BCUT2D eigenvalue weighted by Crippen LogP contribution is 2.29. The van der Waals surface area contributed by atoms with Crippen molar-refractivity contribution in [3.05, 3.63) is 34.8 Å². The van der Waals surface area contributed by atoms with Crippen molar-refractivity contribution in [3.63, 3.8) is 0 Å². The summed E-state index contributed by atoms with van der Waals surface area (Å²) >= 11 is 7.38. The maximum atomic E-state index is 6.17. The smallest absolute Gasteiger partial charge is 0.190 e. The van der Waals surface area contributed by atoms with Crippen molar-refractivity contribution in [1.82, 2.24) is 9.97 Å². The predicted molar refractivity (Wildman–Crippen MR) is 84.5 cm³/mol. The first-order chi connectivity index (χ1) is 10.0. The highest BCUT2D eigenvalue weighted by Gasteiger charge is 2.20. The van der Waals surface area contributed by atoms with Gasteiger partial charge in [0.2, 0.25) is 0 Å². The number of aromatic nitrogens is 2. The molecule has 21 heavy (non-hydrogen) atoms. The molecular formula is C12H16ClN7S. The lowest BCUT2D eigenvalue weighted by Crippen LogP contribution is -2.33. The second kappa shape index (κ2) is 6.88. The van der Waals surface area contributed by atoms with Gasteiger partial charge in [-0.25, -0.2) is 15.8 Å². The Hall–Kier alpha value is -1.64. The lowest BCUT2D eigenvalue weighted by molar-refractivity contribution is 0.704. The van der Waals surface area contributed by atoms with Crippen LogP contribution in [0.15, 0.2) is 45.1 Å². The molecule has 1 unspecified atom stereocenters. The molecule has 0 fully saturated rings. The van der Waals surface area contributed by atoms with Crippen molar-refractivity contribution >= 4 is 29.2 Å². The van der Waals surface area contributed by atoms with Gasteiger partial charge in [-0.3, -0.25) is 5.01 Å². The number of allylic oxidation sites excluding steroid dienone is 2. The van der Waals surface area contributed by atoms with E-state index in [0.29, 0.717) is 33.4 Å². The van der Waals surface area contributed by atoms with Crippen LogP contribution in [-0.2, 0) is 0 Å². The molecule has 0 saturated carbocycles. The molecule has 9 heteroatoms. The number of anilines is 1. The lowest BCUT2D eigenvalue weighted by atomic mass is 9.99. The summed E-state index contributed by atoms with van der Waals surface area (Å²) in [7, 11) is 0. The molecule has 4 N–H and O–H groups in total. The molecule has 0 saturated heterocycles. The van der Waals surface area contributed by atoms with Crippen molar-refractivity contribution in [2.75, 3.05) is 11.3 Å². The van der Waals surface area contributed by atoms with E-state index in [1.807, 2.05) is 18.4 Å². The Morgan fingerprint density at radius 3 is 2.90 bits per heavy atom. The topological polar surface area (TPSA) is 106 Å². The van der Waals surface area contributed by atoms with Crippen molar-refractivity contribution in [3.8, 4) is 0 Å². The Kier molecular flexibility index (Phi) is 5.16. The Balaban J connectivity index is 2.39. The van der Waals surface area contributed by atoms with Crippen LogP contribution in [0.25, 0.3) is 0 Å². The van der Waals surface area contributed by atoms with E-state index in [0.717, 1.165) is 6.42 Å². The summed E-state index contributed by atoms with van der Waals surface area (Å²) in [6.07, 6.45) is 6.66. The standard InChI is InChI=1S/C12H16ClN7S/c1-7-3-4-8(18-19-14)9(5-7)20(15)11-6-10(13)16-12(17-11)21-2/h4-7H,3,15H2,1-2H3,(H2,14,18). The monoisotopic (exact) mass is 325 g/mol. The van der Waals surface area contributed by atoms with Gasteiger partial charge in [0, 0.05) is 6.07 Å². The second-order valence-corrected chi connectivity index (χ2v) is 5.64. The van der Waals surface area contributed by atoms with E-state index in [1.54, 1.807) is 6.07 Å². The summed E-state index contributed by atoms with van der Waals surface area (Å²) in [5, 5.41) is 9.53. The van der Waals surface area contributed by atoms with Crippen LogP contribution in [0.3, 0.4) is 0 Å². The number of hydrogen-bond acceptors (Lipinski definition) is 7. The van der Waals surface area contributed by atoms with E-state index in [-0.39, 0.29) is 0 Å². The van der Waals surface area contributed by atoms with Crippen molar-refractivity contribution in [1.29, 1.82) is 0 Å². The first-order valence-electron chi connectivity index (χ1n) is 6.21. The first kappa shape index (κ1) is 15.7. The second-order valence-electron chi connectivity index (χ2n) is 4.48. The molecule has 0 bridgehead atoms. The van der Waals surface area contributed by atoms with Crippen LogP contribution in [0.5, 0.6) is 0 Å². The zero-order chi connectivity index (χ0) is 15.4. The van der Waals surface area contributed by atoms with Gasteiger partial charge < -0.3 is 5.84 Å². The maximum absolute atomic E-state index is 6.17. The van der Waals surface area contributed by atoms with E-state index in [2.05, 4.69) is 27.2 Å². The van der Waals surface area contributed by atoms with Gasteiger partial charge in [-0.05, 0) is 18.6 Å². The van der Waals surface area contributed by atoms with Crippen LogP contribution in [0.2, 0.25) is 5.15 Å². The fourth-order valence-corrected chi connectivity index (χ4v) is 2.51. The summed E-state index contributed by atoms with van der Waals surface area (Å²) in [6, 6.07) is 1.60. The number of thioether (sulfide) groups is 1. The molecule has 7 nitrogen and oxygen atoms in total. The number of hydrogen-bond donors (Lipinski definition) is 2. The van der Waals surface area contributed by atoms with Crippen molar-refractivity contribution < 1.29 is 0 Å². The molecule has 0 radical (unpaired) electrons. The van der Waals surface area contributed by atoms with Crippen LogP contribution in [0.1, 0.15) is 13.3 Å². The van der Waals surface area contributed by atoms with Crippen LogP contribution < -0.4 is 16.7 Å². The fraction of sp³-hybridized carbons (Fsp3) is 0.333. The van der Waals surface area contributed by atoms with Gasteiger partial charge in [0.05, 0.1) is 5.70 Å². The quantitative estimate of drug-likeness (QED) is 0.220. The van der Waals surface area contributed by atoms with E-state index < -0.39 is 0 Å². The number of nitrogens with two attached hydrogens (primary N) is 2. The maximum Gasteiger partial charge on any atom is 0.190 e. The zero-order valence-corrected chi connectivity index (χ0v) is 13.3. The molecule has 1 heterocycles. The van der Waals surface area contributed by atoms with Crippen LogP contribution in [-0.4, -0.2) is 16.2 Å². The molecule has 0 aromatic carbocycles. The number of nitrogens with zero attached hydrogens (tertiary/aromatic N) is 5. The number of hydrazine groups is 1. The molecule has 1 aromatic rings. The van der Waals surface area contributed by atoms with Gasteiger partial charge in [0.25, 0.3) is 0 Å². The molecule has 1 aliphatic rings. The lowest BCUT2D eigenvalue weighted by Gasteiger charge is -2.25. The van der Waals surface area contributed by atoms with E-state index in [9.17, 15) is 0 Å². The van der Waals surface area contributed by atoms with E-state index in [1.165, 1.54) is 16.8 Å².